The lowest BCUT2D eigenvalue weighted by Crippen LogP contribution is -2.60. The minimum Gasteiger partial charge on any atom is -0.455 e. The van der Waals surface area contributed by atoms with E-state index in [1.165, 1.54) is 4.90 Å². The van der Waals surface area contributed by atoms with Gasteiger partial charge in [0.15, 0.2) is 0 Å². The Morgan fingerprint density at radius 1 is 1.10 bits per heavy atom. The summed E-state index contributed by atoms with van der Waals surface area (Å²) in [5.41, 5.74) is 0.225. The van der Waals surface area contributed by atoms with E-state index < -0.39 is 66.3 Å². The van der Waals surface area contributed by atoms with Crippen molar-refractivity contribution in [2.24, 2.45) is 11.8 Å². The average Bonchev–Trinajstić information content (AvgIpc) is 3.70. The number of aliphatic hydroxyl groups excluding tert-OH is 1. The van der Waals surface area contributed by atoms with Gasteiger partial charge in [-0.15, -0.1) is 13.2 Å². The van der Waals surface area contributed by atoms with Crippen molar-refractivity contribution < 1.29 is 33.8 Å². The number of esters is 1. The molecule has 11 heteroatoms. The highest BCUT2D eigenvalue weighted by atomic mass is 79.9. The summed E-state index contributed by atoms with van der Waals surface area (Å²) in [6, 6.07) is 16.0. The number of halogens is 1. The molecule has 1 spiro atoms. The zero-order chi connectivity index (χ0) is 36.2. The maximum absolute atomic E-state index is 14.8. The number of hydrogen-bond donors (Lipinski definition) is 2. The van der Waals surface area contributed by atoms with E-state index in [2.05, 4.69) is 34.4 Å². The van der Waals surface area contributed by atoms with Crippen LogP contribution in [-0.2, 0) is 35.1 Å². The highest BCUT2D eigenvalue weighted by molar-refractivity contribution is 9.09. The van der Waals surface area contributed by atoms with Gasteiger partial charge in [0.05, 0.1) is 36.6 Å². The Hall–Kier alpha value is -3.80. The third-order valence-corrected chi connectivity index (χ3v) is 11.0. The number of aliphatic hydroxyl groups is 1. The van der Waals surface area contributed by atoms with Gasteiger partial charge in [-0.25, -0.2) is 0 Å². The number of benzene rings is 2. The molecule has 9 atom stereocenters. The number of alkyl halides is 1. The van der Waals surface area contributed by atoms with Crippen molar-refractivity contribution in [1.29, 1.82) is 0 Å². The first-order chi connectivity index (χ1) is 24.0. The van der Waals surface area contributed by atoms with E-state index >= 15 is 0 Å². The van der Waals surface area contributed by atoms with Crippen LogP contribution in [0.3, 0.4) is 0 Å². The number of nitrogens with zero attached hydrogens (tertiary/aromatic N) is 2. The second kappa shape index (κ2) is 16.0. The van der Waals surface area contributed by atoms with Gasteiger partial charge < -0.3 is 29.7 Å². The zero-order valence-corrected chi connectivity index (χ0v) is 30.5. The largest absolute Gasteiger partial charge is 0.455 e. The van der Waals surface area contributed by atoms with Gasteiger partial charge in [0.25, 0.3) is 0 Å². The number of fused-ring (bicyclic) bond motifs is 1. The topological polar surface area (TPSA) is 125 Å². The first-order valence-corrected chi connectivity index (χ1v) is 18.3. The van der Waals surface area contributed by atoms with Crippen LogP contribution in [0.5, 0.6) is 0 Å². The summed E-state index contributed by atoms with van der Waals surface area (Å²) in [6.45, 7) is 12.9. The molecule has 268 valence electrons. The fourth-order valence-corrected chi connectivity index (χ4v) is 8.88. The summed E-state index contributed by atoms with van der Waals surface area (Å²) in [4.78, 5) is 59.5. The second-order valence-corrected chi connectivity index (χ2v) is 14.9. The number of amides is 3. The first kappa shape index (κ1) is 37.5. The molecule has 0 aromatic heterocycles. The predicted molar refractivity (Wildman–Crippen MR) is 193 cm³/mol. The highest BCUT2D eigenvalue weighted by Crippen LogP contribution is 2.61. The number of allylic oxidation sites excluding steroid dienone is 1. The molecule has 2 aromatic rings. The van der Waals surface area contributed by atoms with Crippen LogP contribution in [0, 0.1) is 11.8 Å². The molecule has 3 aliphatic heterocycles. The maximum atomic E-state index is 14.8. The fourth-order valence-electron chi connectivity index (χ4n) is 7.94. The number of rotatable bonds is 16. The van der Waals surface area contributed by atoms with Gasteiger partial charge in [-0.1, -0.05) is 88.7 Å². The van der Waals surface area contributed by atoms with Crippen molar-refractivity contribution >= 4 is 39.6 Å². The van der Waals surface area contributed by atoms with E-state index in [-0.39, 0.29) is 35.6 Å². The molecule has 2 aromatic carbocycles. The third-order valence-electron chi connectivity index (χ3n) is 10.2. The molecule has 50 heavy (non-hydrogen) atoms. The highest BCUT2D eigenvalue weighted by Gasteiger charge is 2.77. The number of likely N-dealkylation sites (tertiary alicyclic amines) is 1. The molecule has 0 aliphatic carbocycles. The monoisotopic (exact) mass is 749 g/mol. The van der Waals surface area contributed by atoms with Crippen molar-refractivity contribution in [3.05, 3.63) is 97.1 Å². The summed E-state index contributed by atoms with van der Waals surface area (Å²) in [7, 11) is 0. The summed E-state index contributed by atoms with van der Waals surface area (Å²) in [6.07, 6.45) is 3.06. The molecule has 10 nitrogen and oxygen atoms in total. The minimum atomic E-state index is -1.35. The zero-order valence-electron chi connectivity index (χ0n) is 29.0. The average molecular weight is 751 g/mol. The molecule has 3 fully saturated rings. The van der Waals surface area contributed by atoms with Crippen LogP contribution in [0.2, 0.25) is 0 Å². The van der Waals surface area contributed by atoms with Crippen LogP contribution in [0.4, 0.5) is 0 Å². The molecule has 3 amide bonds. The van der Waals surface area contributed by atoms with Crippen molar-refractivity contribution in [3.63, 3.8) is 0 Å². The SMILES string of the molecule is C=CCCC(=O)N[C@H](C)[C@@H](OC(=O)[C@@H]1[C@H]2O[C@@]3(CC2Br)[C@H](C(=O)N(CC=C)C(C)C)N([C@@H](CO)Cc2ccccc2)C(=O)[C@@H]13)c1ccccc1. The molecule has 0 radical (unpaired) electrons. The van der Waals surface area contributed by atoms with Crippen molar-refractivity contribution in [2.75, 3.05) is 13.2 Å². The van der Waals surface area contributed by atoms with Crippen LogP contribution >= 0.6 is 15.9 Å². The molecule has 2 N–H and O–H groups in total. The molecule has 3 saturated heterocycles. The molecular weight excluding hydrogens is 702 g/mol. The smallest absolute Gasteiger partial charge is 0.313 e. The summed E-state index contributed by atoms with van der Waals surface area (Å²) >= 11 is 3.74. The summed E-state index contributed by atoms with van der Waals surface area (Å²) in [5.74, 6) is -3.68. The van der Waals surface area contributed by atoms with Gasteiger partial charge in [0.2, 0.25) is 17.7 Å². The molecule has 2 bridgehead atoms. The Morgan fingerprint density at radius 2 is 1.76 bits per heavy atom. The number of carbonyl (C=O) groups is 4. The number of ether oxygens (including phenoxy) is 2. The van der Waals surface area contributed by atoms with E-state index in [9.17, 15) is 24.3 Å². The predicted octanol–water partition coefficient (Wildman–Crippen LogP) is 4.52. The van der Waals surface area contributed by atoms with Gasteiger partial charge in [0, 0.05) is 23.8 Å². The Labute approximate surface area is 303 Å². The Morgan fingerprint density at radius 3 is 2.36 bits per heavy atom. The van der Waals surface area contributed by atoms with Crippen LogP contribution in [0.1, 0.15) is 57.3 Å². The van der Waals surface area contributed by atoms with Crippen LogP contribution < -0.4 is 5.32 Å². The number of nitrogens with one attached hydrogen (secondary N) is 1. The van der Waals surface area contributed by atoms with E-state index in [4.69, 9.17) is 9.47 Å². The van der Waals surface area contributed by atoms with Gasteiger partial charge >= 0.3 is 5.97 Å². The van der Waals surface area contributed by atoms with Crippen LogP contribution in [0.15, 0.2) is 86.0 Å². The molecule has 5 rings (SSSR count). The third kappa shape index (κ3) is 7.18. The van der Waals surface area contributed by atoms with Crippen molar-refractivity contribution in [3.8, 4) is 0 Å². The van der Waals surface area contributed by atoms with Crippen molar-refractivity contribution in [2.45, 2.75) is 93.3 Å². The molecule has 3 heterocycles. The molecule has 3 aliphatic rings. The number of hydrogen-bond acceptors (Lipinski definition) is 7. The van der Waals surface area contributed by atoms with Gasteiger partial charge in [-0.05, 0) is 51.2 Å². The lowest BCUT2D eigenvalue weighted by molar-refractivity contribution is -0.162. The van der Waals surface area contributed by atoms with Gasteiger partial charge in [0.1, 0.15) is 17.7 Å². The molecular formula is C39H48BrN3O7. The maximum Gasteiger partial charge on any atom is 0.313 e. The van der Waals surface area contributed by atoms with Crippen LogP contribution in [-0.4, -0.2) is 92.4 Å². The summed E-state index contributed by atoms with van der Waals surface area (Å²) < 4.78 is 13.0. The van der Waals surface area contributed by atoms with E-state index in [0.29, 0.717) is 24.8 Å². The Bertz CT molecular complexity index is 1560. The normalized spacial score (nSPS) is 27.0. The summed E-state index contributed by atoms with van der Waals surface area (Å²) in [5, 5.41) is 13.7. The minimum absolute atomic E-state index is 0.206. The quantitative estimate of drug-likeness (QED) is 0.147. The Kier molecular flexibility index (Phi) is 12.0. The molecule has 0 saturated carbocycles. The lowest BCUT2D eigenvalue weighted by Gasteiger charge is -2.40. The van der Waals surface area contributed by atoms with E-state index in [0.717, 1.165) is 5.56 Å². The van der Waals surface area contributed by atoms with Crippen LogP contribution in [0.25, 0.3) is 0 Å². The van der Waals surface area contributed by atoms with E-state index in [1.54, 1.807) is 24.0 Å². The lowest BCUT2D eigenvalue weighted by atomic mass is 9.70. The standard InChI is InChI=1S/C39H48BrN3O7/c1-6-8-19-30(45)41-25(5)33(27-17-13-10-14-18-27)49-38(48)31-32-36(46)43(28(23-44)21-26-15-11-9-12-16-26)35(37(47)42(20-7-2)24(3)4)39(32)22-29(40)34(31)50-39/h6-7,9-18,24-25,28-29,31-35,44H,1-2,8,19-23H2,3-5H3,(H,41,45)/t25-,28-,29?,31+,32-,33-,34+,35+,39-/m1/s1. The first-order valence-electron chi connectivity index (χ1n) is 17.3. The second-order valence-electron chi connectivity index (χ2n) is 13.8. The number of carbonyl (C=O) groups excluding carboxylic acids is 4. The van der Waals surface area contributed by atoms with Gasteiger partial charge in [-0.3, -0.25) is 19.2 Å². The van der Waals surface area contributed by atoms with Gasteiger partial charge in [-0.2, -0.15) is 0 Å². The van der Waals surface area contributed by atoms with E-state index in [1.807, 2.05) is 74.5 Å². The fraction of sp³-hybridized carbons (Fsp3) is 0.487. The molecule has 1 unspecified atom stereocenters. The Balaban J connectivity index is 1.53. The van der Waals surface area contributed by atoms with Crippen molar-refractivity contribution in [1.82, 2.24) is 15.1 Å².